The van der Waals surface area contributed by atoms with Crippen molar-refractivity contribution in [3.05, 3.63) is 69.9 Å². The zero-order chi connectivity index (χ0) is 27.4. The Bertz CT molecular complexity index is 1640. The van der Waals surface area contributed by atoms with Crippen LogP contribution >= 0.6 is 0 Å². The molecule has 0 radical (unpaired) electrons. The molecular weight excluding hydrogens is 510 g/mol. The number of ether oxygens (including phenoxy) is 2. The number of benzene rings is 2. The number of aromatic nitrogens is 4. The third-order valence-electron chi connectivity index (χ3n) is 5.68. The summed E-state index contributed by atoms with van der Waals surface area (Å²) in [5, 5.41) is 4.60. The zero-order valence-electron chi connectivity index (χ0n) is 21.6. The number of aromatic amines is 1. The predicted octanol–water partition coefficient (Wildman–Crippen LogP) is 3.72. The standard InChI is InChI=1S/C26H29N5O6S/c1-5-8-22-27-16(4)23-25(32)28-24(29-31(22)23)20-15-19(13-14-21(20)36-6-2)38(34,35)30-18-11-9-17(10-12-18)26(33)37-7-3/h9-15,30H,5-8H2,1-4H3,(H,28,29,32). The van der Waals surface area contributed by atoms with Gasteiger partial charge in [0.15, 0.2) is 11.3 Å². The highest BCUT2D eigenvalue weighted by Gasteiger charge is 2.21. The summed E-state index contributed by atoms with van der Waals surface area (Å²) < 4.78 is 41.2. The van der Waals surface area contributed by atoms with Crippen LogP contribution in [0.2, 0.25) is 0 Å². The first-order valence-corrected chi connectivity index (χ1v) is 13.7. The largest absolute Gasteiger partial charge is 0.493 e. The van der Waals surface area contributed by atoms with Gasteiger partial charge in [0.1, 0.15) is 11.6 Å². The lowest BCUT2D eigenvalue weighted by atomic mass is 10.2. The van der Waals surface area contributed by atoms with Crippen molar-refractivity contribution in [3.8, 4) is 17.1 Å². The van der Waals surface area contributed by atoms with Crippen molar-refractivity contribution in [3.63, 3.8) is 0 Å². The van der Waals surface area contributed by atoms with Crippen LogP contribution in [0.15, 0.2) is 52.2 Å². The van der Waals surface area contributed by atoms with Gasteiger partial charge in [-0.1, -0.05) is 6.92 Å². The van der Waals surface area contributed by atoms with Crippen molar-refractivity contribution in [2.75, 3.05) is 17.9 Å². The Kier molecular flexibility index (Phi) is 7.81. The molecule has 2 heterocycles. The second-order valence-corrected chi connectivity index (χ2v) is 10.1. The van der Waals surface area contributed by atoms with Crippen molar-refractivity contribution < 1.29 is 22.7 Å². The smallest absolute Gasteiger partial charge is 0.338 e. The van der Waals surface area contributed by atoms with Gasteiger partial charge in [-0.15, -0.1) is 5.10 Å². The fourth-order valence-corrected chi connectivity index (χ4v) is 5.07. The molecule has 0 spiro atoms. The minimum absolute atomic E-state index is 0.0660. The summed E-state index contributed by atoms with van der Waals surface area (Å²) in [5.74, 6) is 0.659. The Morgan fingerprint density at radius 1 is 1.08 bits per heavy atom. The molecule has 0 bridgehead atoms. The Labute approximate surface area is 219 Å². The molecule has 0 amide bonds. The Morgan fingerprint density at radius 3 is 2.47 bits per heavy atom. The monoisotopic (exact) mass is 539 g/mol. The summed E-state index contributed by atoms with van der Waals surface area (Å²) in [7, 11) is -4.04. The van der Waals surface area contributed by atoms with E-state index in [1.807, 2.05) is 6.92 Å². The maximum atomic E-state index is 13.2. The van der Waals surface area contributed by atoms with E-state index < -0.39 is 21.6 Å². The number of H-pyrrole nitrogens is 1. The van der Waals surface area contributed by atoms with Gasteiger partial charge in [-0.25, -0.2) is 22.7 Å². The average Bonchev–Trinajstić information content (AvgIpc) is 3.20. The highest BCUT2D eigenvalue weighted by Crippen LogP contribution is 2.31. The molecule has 0 unspecified atom stereocenters. The van der Waals surface area contributed by atoms with E-state index in [1.54, 1.807) is 20.8 Å². The van der Waals surface area contributed by atoms with Gasteiger partial charge in [0, 0.05) is 12.1 Å². The van der Waals surface area contributed by atoms with E-state index in [0.717, 1.165) is 6.42 Å². The van der Waals surface area contributed by atoms with Crippen molar-refractivity contribution in [1.82, 2.24) is 19.6 Å². The second kappa shape index (κ2) is 11.1. The number of fused-ring (bicyclic) bond motifs is 1. The zero-order valence-corrected chi connectivity index (χ0v) is 22.4. The molecule has 4 rings (SSSR count). The molecule has 11 nitrogen and oxygen atoms in total. The molecule has 0 atom stereocenters. The lowest BCUT2D eigenvalue weighted by Gasteiger charge is -2.14. The third-order valence-corrected chi connectivity index (χ3v) is 7.06. The molecule has 0 aliphatic heterocycles. The molecular formula is C26H29N5O6S. The summed E-state index contributed by atoms with van der Waals surface area (Å²) in [5.41, 5.74) is 1.39. The van der Waals surface area contributed by atoms with Crippen LogP contribution in [0.1, 0.15) is 49.1 Å². The molecule has 4 aromatic rings. The fraction of sp³-hybridized carbons (Fsp3) is 0.308. The van der Waals surface area contributed by atoms with Gasteiger partial charge in [-0.05, 0) is 69.7 Å². The molecule has 200 valence electrons. The van der Waals surface area contributed by atoms with E-state index in [-0.39, 0.29) is 23.0 Å². The van der Waals surface area contributed by atoms with Crippen LogP contribution in [0.3, 0.4) is 0 Å². The number of carbonyl (C=O) groups is 1. The number of aryl methyl sites for hydroxylation is 2. The molecule has 0 saturated heterocycles. The second-order valence-electron chi connectivity index (χ2n) is 8.42. The minimum atomic E-state index is -4.04. The summed E-state index contributed by atoms with van der Waals surface area (Å²) in [6.45, 7) is 7.81. The molecule has 0 fully saturated rings. The maximum Gasteiger partial charge on any atom is 0.338 e. The number of hydrogen-bond acceptors (Lipinski definition) is 8. The molecule has 2 N–H and O–H groups in total. The number of esters is 1. The summed E-state index contributed by atoms with van der Waals surface area (Å²) >= 11 is 0. The number of carbonyl (C=O) groups excluding carboxylic acids is 1. The maximum absolute atomic E-state index is 13.2. The van der Waals surface area contributed by atoms with Crippen LogP contribution in [0.4, 0.5) is 5.69 Å². The van der Waals surface area contributed by atoms with Gasteiger partial charge in [0.25, 0.3) is 15.6 Å². The summed E-state index contributed by atoms with van der Waals surface area (Å²) in [6, 6.07) is 10.2. The highest BCUT2D eigenvalue weighted by atomic mass is 32.2. The molecule has 0 aliphatic rings. The van der Waals surface area contributed by atoms with Crippen LogP contribution in [-0.4, -0.2) is 47.2 Å². The number of rotatable bonds is 10. The van der Waals surface area contributed by atoms with Gasteiger partial charge in [0.2, 0.25) is 0 Å². The Balaban J connectivity index is 1.75. The normalized spacial score (nSPS) is 11.5. The number of hydrogen-bond donors (Lipinski definition) is 2. The lowest BCUT2D eigenvalue weighted by molar-refractivity contribution is 0.0526. The van der Waals surface area contributed by atoms with Gasteiger partial charge in [-0.3, -0.25) is 9.52 Å². The topological polar surface area (TPSA) is 145 Å². The average molecular weight is 540 g/mol. The lowest BCUT2D eigenvalue weighted by Crippen LogP contribution is -2.17. The number of nitrogens with zero attached hydrogens (tertiary/aromatic N) is 3. The number of sulfonamides is 1. The Morgan fingerprint density at radius 2 is 1.82 bits per heavy atom. The quantitative estimate of drug-likeness (QED) is 0.290. The first kappa shape index (κ1) is 26.9. The molecule has 0 saturated carbocycles. The van der Waals surface area contributed by atoms with Crippen molar-refractivity contribution >= 4 is 27.2 Å². The predicted molar refractivity (Wildman–Crippen MR) is 142 cm³/mol. The molecule has 2 aromatic heterocycles. The van der Waals surface area contributed by atoms with Crippen LogP contribution in [-0.2, 0) is 21.2 Å². The van der Waals surface area contributed by atoms with Gasteiger partial charge >= 0.3 is 5.97 Å². The molecule has 38 heavy (non-hydrogen) atoms. The molecule has 0 aliphatic carbocycles. The van der Waals surface area contributed by atoms with Crippen LogP contribution < -0.4 is 15.0 Å². The summed E-state index contributed by atoms with van der Waals surface area (Å²) in [6.07, 6.45) is 1.43. The van der Waals surface area contributed by atoms with E-state index in [4.69, 9.17) is 9.47 Å². The SMILES string of the molecule is CCCc1nc(C)c2c(=O)[nH]c(-c3cc(S(=O)(=O)Nc4ccc(C(=O)OCC)cc4)ccc3OCC)nn12. The number of nitrogens with one attached hydrogen (secondary N) is 2. The van der Waals surface area contributed by atoms with Crippen molar-refractivity contribution in [2.45, 2.75) is 45.4 Å². The van der Waals surface area contributed by atoms with Crippen molar-refractivity contribution in [1.29, 1.82) is 0 Å². The first-order chi connectivity index (χ1) is 18.2. The van der Waals surface area contributed by atoms with Crippen molar-refractivity contribution in [2.24, 2.45) is 0 Å². The van der Waals surface area contributed by atoms with Gasteiger partial charge < -0.3 is 14.5 Å². The molecule has 12 heteroatoms. The van der Waals surface area contributed by atoms with E-state index in [0.29, 0.717) is 46.9 Å². The fourth-order valence-electron chi connectivity index (χ4n) is 3.99. The van der Waals surface area contributed by atoms with Crippen LogP contribution in [0.5, 0.6) is 5.75 Å². The first-order valence-electron chi connectivity index (χ1n) is 12.2. The van der Waals surface area contributed by atoms with Gasteiger partial charge in [0.05, 0.1) is 34.9 Å². The van der Waals surface area contributed by atoms with Crippen LogP contribution in [0, 0.1) is 6.92 Å². The van der Waals surface area contributed by atoms with Gasteiger partial charge in [-0.2, -0.15) is 0 Å². The highest BCUT2D eigenvalue weighted by molar-refractivity contribution is 7.92. The van der Waals surface area contributed by atoms with E-state index in [1.165, 1.54) is 47.0 Å². The van der Waals surface area contributed by atoms with E-state index in [2.05, 4.69) is 19.8 Å². The number of imidazole rings is 1. The number of anilines is 1. The van der Waals surface area contributed by atoms with E-state index >= 15 is 0 Å². The summed E-state index contributed by atoms with van der Waals surface area (Å²) in [4.78, 5) is 32.0. The van der Waals surface area contributed by atoms with E-state index in [9.17, 15) is 18.0 Å². The van der Waals surface area contributed by atoms with Crippen LogP contribution in [0.25, 0.3) is 16.9 Å². The molecule has 2 aromatic carbocycles. The Hall–Kier alpha value is -4.19. The third kappa shape index (κ3) is 5.40. The minimum Gasteiger partial charge on any atom is -0.493 e.